The lowest BCUT2D eigenvalue weighted by molar-refractivity contribution is -0.123. The maximum absolute atomic E-state index is 13.0. The maximum Gasteiger partial charge on any atom is 0.251 e. The van der Waals surface area contributed by atoms with E-state index in [1.807, 2.05) is 12.1 Å². The minimum absolute atomic E-state index is 0.187. The summed E-state index contributed by atoms with van der Waals surface area (Å²) in [7, 11) is 1.52. The second-order valence-corrected chi connectivity index (χ2v) is 7.92. The number of hydrogen-bond acceptors (Lipinski definition) is 5. The van der Waals surface area contributed by atoms with Crippen molar-refractivity contribution in [3.63, 3.8) is 0 Å². The van der Waals surface area contributed by atoms with Gasteiger partial charge in [-0.05, 0) is 67.7 Å². The number of nitrogens with zero attached hydrogens (tertiary/aromatic N) is 2. The first-order valence-electron chi connectivity index (χ1n) is 9.71. The molecule has 2 heterocycles. The highest BCUT2D eigenvalue weighted by atomic mass is 35.5. The summed E-state index contributed by atoms with van der Waals surface area (Å²) in [6.07, 6.45) is 2.01. The van der Waals surface area contributed by atoms with Gasteiger partial charge in [-0.3, -0.25) is 14.5 Å². The van der Waals surface area contributed by atoms with Gasteiger partial charge in [0, 0.05) is 0 Å². The molecule has 2 amide bonds. The number of aromatic hydroxyl groups is 1. The van der Waals surface area contributed by atoms with Crippen LogP contribution in [0.1, 0.15) is 30.7 Å². The number of phenols is 1. The van der Waals surface area contributed by atoms with E-state index in [0.717, 1.165) is 25.9 Å². The zero-order valence-corrected chi connectivity index (χ0v) is 16.9. The molecule has 29 heavy (non-hydrogen) atoms. The van der Waals surface area contributed by atoms with Gasteiger partial charge in [-0.2, -0.15) is 0 Å². The van der Waals surface area contributed by atoms with Crippen LogP contribution in [0.2, 0.25) is 5.02 Å². The molecular weight excluding hydrogens is 392 g/mol. The van der Waals surface area contributed by atoms with Crippen molar-refractivity contribution in [3.8, 4) is 11.5 Å². The van der Waals surface area contributed by atoms with Crippen LogP contribution in [0.3, 0.4) is 0 Å². The third-order valence-electron chi connectivity index (χ3n) is 5.85. The van der Waals surface area contributed by atoms with Crippen LogP contribution in [0, 0.1) is 0 Å². The zero-order chi connectivity index (χ0) is 20.5. The number of hydrogen-bond donors (Lipinski definition) is 1. The molecule has 0 aliphatic carbocycles. The maximum atomic E-state index is 13.0. The fourth-order valence-corrected chi connectivity index (χ4v) is 4.51. The highest BCUT2D eigenvalue weighted by Gasteiger charge is 2.43. The van der Waals surface area contributed by atoms with Gasteiger partial charge in [0.05, 0.1) is 30.3 Å². The number of amides is 2. The summed E-state index contributed by atoms with van der Waals surface area (Å²) in [5.74, 6) is 0.763. The number of carbonyl (C=O) groups excluding carboxylic acids is 2. The predicted molar refractivity (Wildman–Crippen MR) is 111 cm³/mol. The topological polar surface area (TPSA) is 70.1 Å². The van der Waals surface area contributed by atoms with Gasteiger partial charge >= 0.3 is 0 Å². The average Bonchev–Trinajstić information content (AvgIpc) is 3.02. The number of likely N-dealkylation sites (tertiary alicyclic amines) is 1. The lowest BCUT2D eigenvalue weighted by Gasteiger charge is -2.35. The van der Waals surface area contributed by atoms with E-state index in [2.05, 4.69) is 4.90 Å². The number of carbonyl (C=O) groups is 2. The van der Waals surface area contributed by atoms with Gasteiger partial charge in [-0.25, -0.2) is 4.90 Å². The molecule has 2 aliphatic heterocycles. The zero-order valence-electron chi connectivity index (χ0n) is 16.2. The summed E-state index contributed by atoms with van der Waals surface area (Å²) in [6.45, 7) is 1.51. The quantitative estimate of drug-likeness (QED) is 0.774. The van der Waals surface area contributed by atoms with Crippen molar-refractivity contribution in [2.75, 3.05) is 25.1 Å². The summed E-state index contributed by atoms with van der Waals surface area (Å²) >= 11 is 6.17. The van der Waals surface area contributed by atoms with Crippen LogP contribution >= 0.6 is 11.6 Å². The Balaban J connectivity index is 1.44. The van der Waals surface area contributed by atoms with E-state index in [9.17, 15) is 14.7 Å². The van der Waals surface area contributed by atoms with Gasteiger partial charge in [-0.1, -0.05) is 23.7 Å². The monoisotopic (exact) mass is 414 g/mol. The number of benzene rings is 2. The van der Waals surface area contributed by atoms with E-state index in [1.54, 1.807) is 30.3 Å². The second kappa shape index (κ2) is 8.05. The van der Waals surface area contributed by atoms with Gasteiger partial charge in [-0.15, -0.1) is 0 Å². The molecule has 2 saturated heterocycles. The number of phenolic OH excluding ortho intramolecular Hbond substituents is 1. The smallest absolute Gasteiger partial charge is 0.251 e. The molecule has 2 fully saturated rings. The Bertz CT molecular complexity index is 923. The number of methoxy groups -OCH3 is 1. The third-order valence-corrected chi connectivity index (χ3v) is 6.15. The molecular formula is C22H23ClN2O4. The van der Waals surface area contributed by atoms with Gasteiger partial charge in [0.2, 0.25) is 5.91 Å². The Kier molecular flexibility index (Phi) is 5.48. The minimum Gasteiger partial charge on any atom is -0.508 e. The van der Waals surface area contributed by atoms with E-state index in [4.69, 9.17) is 16.3 Å². The van der Waals surface area contributed by atoms with E-state index in [0.29, 0.717) is 22.4 Å². The molecule has 152 valence electrons. The Morgan fingerprint density at radius 2 is 1.76 bits per heavy atom. The van der Waals surface area contributed by atoms with Crippen molar-refractivity contribution in [1.82, 2.24) is 4.90 Å². The molecule has 2 aliphatic rings. The van der Waals surface area contributed by atoms with Crippen LogP contribution in [0.15, 0.2) is 42.5 Å². The first-order valence-corrected chi connectivity index (χ1v) is 10.1. The summed E-state index contributed by atoms with van der Waals surface area (Å²) in [4.78, 5) is 29.0. The molecule has 2 aromatic rings. The van der Waals surface area contributed by atoms with E-state index >= 15 is 0 Å². The van der Waals surface area contributed by atoms with Crippen molar-refractivity contribution < 1.29 is 19.4 Å². The Morgan fingerprint density at radius 1 is 1.07 bits per heavy atom. The lowest BCUT2D eigenvalue weighted by atomic mass is 9.89. The molecule has 1 N–H and O–H groups in total. The first-order chi connectivity index (χ1) is 14.0. The highest BCUT2D eigenvalue weighted by Crippen LogP contribution is 2.35. The number of rotatable bonds is 4. The Hall–Kier alpha value is -2.57. The van der Waals surface area contributed by atoms with Gasteiger partial charge < -0.3 is 9.84 Å². The van der Waals surface area contributed by atoms with Crippen LogP contribution in [0.25, 0.3) is 0 Å². The molecule has 4 rings (SSSR count). The fraction of sp³-hybridized carbons (Fsp3) is 0.364. The first kappa shape index (κ1) is 19.7. The summed E-state index contributed by atoms with van der Waals surface area (Å²) < 4.78 is 5.14. The molecule has 1 atom stereocenters. The molecule has 0 aromatic heterocycles. The average molecular weight is 415 g/mol. The van der Waals surface area contributed by atoms with Crippen molar-refractivity contribution in [1.29, 1.82) is 0 Å². The van der Waals surface area contributed by atoms with Gasteiger partial charge in [0.25, 0.3) is 5.91 Å². The number of piperidine rings is 1. The number of imide groups is 1. The van der Waals surface area contributed by atoms with Crippen LogP contribution < -0.4 is 9.64 Å². The van der Waals surface area contributed by atoms with Gasteiger partial charge in [0.15, 0.2) is 0 Å². The van der Waals surface area contributed by atoms with Crippen molar-refractivity contribution in [3.05, 3.63) is 53.1 Å². The van der Waals surface area contributed by atoms with Crippen molar-refractivity contribution >= 4 is 29.1 Å². The summed E-state index contributed by atoms with van der Waals surface area (Å²) in [6, 6.07) is 11.8. The standard InChI is InChI=1S/C22H23ClN2O4/c1-29-20-7-4-16(12-18(20)23)25-21(27)13-19(22(25)28)24-10-8-15(9-11-24)14-2-5-17(26)6-3-14/h2-7,12,15,19,26H,8-11,13H2,1H3/t19-/m0/s1. The largest absolute Gasteiger partial charge is 0.508 e. The minimum atomic E-state index is -0.427. The Labute approximate surface area is 174 Å². The molecule has 0 saturated carbocycles. The van der Waals surface area contributed by atoms with Gasteiger partial charge in [0.1, 0.15) is 11.5 Å². The SMILES string of the molecule is COc1ccc(N2C(=O)C[C@H](N3CCC(c4ccc(O)cc4)CC3)C2=O)cc1Cl. The van der Waals surface area contributed by atoms with Crippen LogP contribution in [-0.2, 0) is 9.59 Å². The fourth-order valence-electron chi connectivity index (χ4n) is 4.26. The summed E-state index contributed by atoms with van der Waals surface area (Å²) in [5, 5.41) is 9.83. The molecule has 2 aromatic carbocycles. The van der Waals surface area contributed by atoms with Crippen LogP contribution in [0.5, 0.6) is 11.5 Å². The normalized spacial score (nSPS) is 21.0. The van der Waals surface area contributed by atoms with E-state index in [-0.39, 0.29) is 24.0 Å². The molecule has 0 spiro atoms. The second-order valence-electron chi connectivity index (χ2n) is 7.51. The number of halogens is 1. The molecule has 0 bridgehead atoms. The van der Waals surface area contributed by atoms with Crippen molar-refractivity contribution in [2.45, 2.75) is 31.2 Å². The lowest BCUT2D eigenvalue weighted by Crippen LogP contribution is -2.45. The molecule has 0 radical (unpaired) electrons. The molecule has 7 heteroatoms. The predicted octanol–water partition coefficient (Wildman–Crippen LogP) is 3.57. The summed E-state index contributed by atoms with van der Waals surface area (Å²) in [5.41, 5.74) is 1.68. The Morgan fingerprint density at radius 3 is 2.38 bits per heavy atom. The van der Waals surface area contributed by atoms with Crippen LogP contribution in [0.4, 0.5) is 5.69 Å². The molecule has 6 nitrogen and oxygen atoms in total. The van der Waals surface area contributed by atoms with Crippen molar-refractivity contribution in [2.24, 2.45) is 0 Å². The highest BCUT2D eigenvalue weighted by molar-refractivity contribution is 6.33. The third kappa shape index (κ3) is 3.82. The van der Waals surface area contributed by atoms with E-state index in [1.165, 1.54) is 17.6 Å². The number of ether oxygens (including phenoxy) is 1. The molecule has 0 unspecified atom stereocenters. The van der Waals surface area contributed by atoms with Crippen LogP contribution in [-0.4, -0.2) is 48.1 Å². The number of anilines is 1. The van der Waals surface area contributed by atoms with E-state index < -0.39 is 6.04 Å².